The summed E-state index contributed by atoms with van der Waals surface area (Å²) in [4.78, 5) is 0. The lowest BCUT2D eigenvalue weighted by atomic mass is 10.1. The Balaban J connectivity index is 1.89. The molecule has 18 heavy (non-hydrogen) atoms. The fourth-order valence-corrected chi connectivity index (χ4v) is 1.92. The van der Waals surface area contributed by atoms with E-state index in [0.717, 1.165) is 24.3 Å². The number of ether oxygens (including phenoxy) is 1. The van der Waals surface area contributed by atoms with Crippen molar-refractivity contribution in [2.24, 2.45) is 0 Å². The Kier molecular flexibility index (Phi) is 4.24. The zero-order valence-corrected chi connectivity index (χ0v) is 10.7. The van der Waals surface area contributed by atoms with Gasteiger partial charge in [-0.25, -0.2) is 0 Å². The van der Waals surface area contributed by atoms with E-state index in [4.69, 9.17) is 10.5 Å². The summed E-state index contributed by atoms with van der Waals surface area (Å²) in [6.07, 6.45) is 1.87. The van der Waals surface area contributed by atoms with Gasteiger partial charge >= 0.3 is 0 Å². The summed E-state index contributed by atoms with van der Waals surface area (Å²) in [7, 11) is 0. The van der Waals surface area contributed by atoms with Gasteiger partial charge in [-0.05, 0) is 23.6 Å². The van der Waals surface area contributed by atoms with E-state index in [0.29, 0.717) is 6.61 Å². The predicted molar refractivity (Wildman–Crippen MR) is 75.9 cm³/mol. The minimum Gasteiger partial charge on any atom is -0.493 e. The molecule has 94 valence electrons. The van der Waals surface area contributed by atoms with E-state index in [1.54, 1.807) is 0 Å². The number of aryl methyl sites for hydroxylation is 1. The van der Waals surface area contributed by atoms with Gasteiger partial charge in [-0.3, -0.25) is 0 Å². The van der Waals surface area contributed by atoms with Crippen molar-refractivity contribution in [3.05, 3.63) is 59.7 Å². The number of hydrogen-bond donors (Lipinski definition) is 1. The highest BCUT2D eigenvalue weighted by molar-refractivity contribution is 5.51. The maximum Gasteiger partial charge on any atom is 0.121 e. The number of nitrogens with two attached hydrogens (primary N) is 1. The van der Waals surface area contributed by atoms with Gasteiger partial charge in [0.05, 0.1) is 6.61 Å². The molecule has 0 aromatic heterocycles. The van der Waals surface area contributed by atoms with Crippen molar-refractivity contribution in [3.8, 4) is 5.75 Å². The highest BCUT2D eigenvalue weighted by Gasteiger charge is 2.00. The van der Waals surface area contributed by atoms with E-state index >= 15 is 0 Å². The molecule has 0 spiro atoms. The van der Waals surface area contributed by atoms with Gasteiger partial charge in [0, 0.05) is 18.2 Å². The molecule has 0 radical (unpaired) electrons. The lowest BCUT2D eigenvalue weighted by molar-refractivity contribution is 0.322. The molecule has 0 heterocycles. The van der Waals surface area contributed by atoms with Crippen LogP contribution >= 0.6 is 0 Å². The van der Waals surface area contributed by atoms with Crippen molar-refractivity contribution >= 4 is 5.69 Å². The first-order chi connectivity index (χ1) is 8.79. The minimum atomic E-state index is 0.676. The molecule has 2 rings (SSSR count). The second-order valence-corrected chi connectivity index (χ2v) is 4.30. The van der Waals surface area contributed by atoms with Crippen LogP contribution in [0.2, 0.25) is 0 Å². The lowest BCUT2D eigenvalue weighted by Gasteiger charge is -2.09. The van der Waals surface area contributed by atoms with Crippen molar-refractivity contribution in [2.45, 2.75) is 19.8 Å². The number of nitrogen functional groups attached to an aromatic ring is 1. The first-order valence-corrected chi connectivity index (χ1v) is 6.34. The Labute approximate surface area is 108 Å². The van der Waals surface area contributed by atoms with Gasteiger partial charge in [-0.15, -0.1) is 0 Å². The Morgan fingerprint density at radius 1 is 1.06 bits per heavy atom. The predicted octanol–water partition coefficient (Wildman–Crippen LogP) is 3.45. The third-order valence-electron chi connectivity index (χ3n) is 3.00. The van der Waals surface area contributed by atoms with Crippen LogP contribution < -0.4 is 10.5 Å². The van der Waals surface area contributed by atoms with Crippen LogP contribution in [-0.4, -0.2) is 6.61 Å². The van der Waals surface area contributed by atoms with Gasteiger partial charge in [0.1, 0.15) is 5.75 Å². The third-order valence-corrected chi connectivity index (χ3v) is 3.00. The fraction of sp³-hybridized carbons (Fsp3) is 0.250. The molecule has 0 aliphatic heterocycles. The Morgan fingerprint density at radius 2 is 1.83 bits per heavy atom. The minimum absolute atomic E-state index is 0.676. The SMILES string of the molecule is CCc1ccc(OCCc2ccccc2)cc1N. The lowest BCUT2D eigenvalue weighted by Crippen LogP contribution is -2.02. The second kappa shape index (κ2) is 6.10. The number of rotatable bonds is 5. The molecule has 0 saturated carbocycles. The van der Waals surface area contributed by atoms with Crippen LogP contribution in [0.5, 0.6) is 5.75 Å². The van der Waals surface area contributed by atoms with Gasteiger partial charge in [-0.1, -0.05) is 43.3 Å². The summed E-state index contributed by atoms with van der Waals surface area (Å²) in [5, 5.41) is 0. The highest BCUT2D eigenvalue weighted by atomic mass is 16.5. The maximum atomic E-state index is 5.93. The summed E-state index contributed by atoms with van der Waals surface area (Å²) in [6, 6.07) is 16.3. The number of benzene rings is 2. The quantitative estimate of drug-likeness (QED) is 0.814. The molecule has 2 heteroatoms. The molecule has 0 unspecified atom stereocenters. The van der Waals surface area contributed by atoms with Crippen LogP contribution in [0.25, 0.3) is 0 Å². The van der Waals surface area contributed by atoms with Crippen LogP contribution in [0.15, 0.2) is 48.5 Å². The first-order valence-electron chi connectivity index (χ1n) is 6.34. The van der Waals surface area contributed by atoms with Crippen LogP contribution in [0, 0.1) is 0 Å². The largest absolute Gasteiger partial charge is 0.493 e. The molecule has 0 atom stereocenters. The van der Waals surface area contributed by atoms with E-state index in [1.807, 2.05) is 36.4 Å². The van der Waals surface area contributed by atoms with Gasteiger partial charge in [0.2, 0.25) is 0 Å². The van der Waals surface area contributed by atoms with Gasteiger partial charge in [0.25, 0.3) is 0 Å². The molecule has 0 fully saturated rings. The molecule has 0 aliphatic rings. The summed E-state index contributed by atoms with van der Waals surface area (Å²) in [5.74, 6) is 0.848. The Bertz CT molecular complexity index is 494. The van der Waals surface area contributed by atoms with Gasteiger partial charge < -0.3 is 10.5 Å². The zero-order valence-electron chi connectivity index (χ0n) is 10.7. The van der Waals surface area contributed by atoms with E-state index in [-0.39, 0.29) is 0 Å². The normalized spacial score (nSPS) is 10.3. The van der Waals surface area contributed by atoms with E-state index in [1.165, 1.54) is 11.1 Å². The topological polar surface area (TPSA) is 35.2 Å². The molecule has 2 aromatic rings. The summed E-state index contributed by atoms with van der Waals surface area (Å²) in [5.41, 5.74) is 9.21. The number of anilines is 1. The van der Waals surface area contributed by atoms with Crippen LogP contribution in [0.4, 0.5) is 5.69 Å². The summed E-state index contributed by atoms with van der Waals surface area (Å²) >= 11 is 0. The molecule has 2 nitrogen and oxygen atoms in total. The standard InChI is InChI=1S/C16H19NO/c1-2-14-8-9-15(12-16(14)17)18-11-10-13-6-4-3-5-7-13/h3-9,12H,2,10-11,17H2,1H3. The highest BCUT2D eigenvalue weighted by Crippen LogP contribution is 2.20. The third kappa shape index (κ3) is 3.27. The number of hydrogen-bond acceptors (Lipinski definition) is 2. The average Bonchev–Trinajstić information content (AvgIpc) is 2.40. The second-order valence-electron chi connectivity index (χ2n) is 4.30. The zero-order chi connectivity index (χ0) is 12.8. The van der Waals surface area contributed by atoms with Crippen LogP contribution in [-0.2, 0) is 12.8 Å². The van der Waals surface area contributed by atoms with Crippen molar-refractivity contribution < 1.29 is 4.74 Å². The van der Waals surface area contributed by atoms with Gasteiger partial charge in [-0.2, -0.15) is 0 Å². The fourth-order valence-electron chi connectivity index (χ4n) is 1.92. The van der Waals surface area contributed by atoms with Crippen LogP contribution in [0.3, 0.4) is 0 Å². The smallest absolute Gasteiger partial charge is 0.121 e. The molecule has 2 N–H and O–H groups in total. The van der Waals surface area contributed by atoms with E-state index in [2.05, 4.69) is 19.1 Å². The van der Waals surface area contributed by atoms with E-state index in [9.17, 15) is 0 Å². The molecule has 0 amide bonds. The molecular formula is C16H19NO. The average molecular weight is 241 g/mol. The van der Waals surface area contributed by atoms with Crippen molar-refractivity contribution in [1.29, 1.82) is 0 Å². The first kappa shape index (κ1) is 12.5. The van der Waals surface area contributed by atoms with Crippen LogP contribution in [0.1, 0.15) is 18.1 Å². The Morgan fingerprint density at radius 3 is 2.50 bits per heavy atom. The van der Waals surface area contributed by atoms with Crippen molar-refractivity contribution in [1.82, 2.24) is 0 Å². The molecule has 0 saturated heterocycles. The van der Waals surface area contributed by atoms with E-state index < -0.39 is 0 Å². The molecule has 0 aliphatic carbocycles. The van der Waals surface area contributed by atoms with Crippen molar-refractivity contribution in [3.63, 3.8) is 0 Å². The molecule has 2 aromatic carbocycles. The van der Waals surface area contributed by atoms with Gasteiger partial charge in [0.15, 0.2) is 0 Å². The maximum absolute atomic E-state index is 5.93. The summed E-state index contributed by atoms with van der Waals surface area (Å²) < 4.78 is 5.71. The Hall–Kier alpha value is -1.96. The monoisotopic (exact) mass is 241 g/mol. The molecular weight excluding hydrogens is 222 g/mol. The molecule has 0 bridgehead atoms. The van der Waals surface area contributed by atoms with Crippen molar-refractivity contribution in [2.75, 3.05) is 12.3 Å². The summed E-state index contributed by atoms with van der Waals surface area (Å²) in [6.45, 7) is 2.77.